The number of nitrogens with zero attached hydrogens (tertiary/aromatic N) is 1. The van der Waals surface area contributed by atoms with E-state index in [1.54, 1.807) is 6.07 Å². The Morgan fingerprint density at radius 2 is 2.25 bits per heavy atom. The number of amides is 2. The summed E-state index contributed by atoms with van der Waals surface area (Å²) in [5, 5.41) is 2.32. The molecule has 1 unspecified atom stereocenters. The van der Waals surface area contributed by atoms with Gasteiger partial charge in [0.2, 0.25) is 11.8 Å². The van der Waals surface area contributed by atoms with Gasteiger partial charge in [-0.15, -0.1) is 0 Å². The van der Waals surface area contributed by atoms with Gasteiger partial charge >= 0.3 is 0 Å². The first-order valence-corrected chi connectivity index (χ1v) is 5.20. The van der Waals surface area contributed by atoms with E-state index in [1.807, 2.05) is 12.1 Å². The third-order valence-corrected chi connectivity index (χ3v) is 2.63. The normalized spacial score (nSPS) is 20.7. The third kappa shape index (κ3) is 2.09. The maximum Gasteiger partial charge on any atom is 0.235 e. The number of aromatic nitrogens is 1. The lowest BCUT2D eigenvalue weighted by Gasteiger charge is -2.20. The molecule has 0 aromatic carbocycles. The molecule has 1 aromatic rings. The first kappa shape index (κ1) is 10.8. The summed E-state index contributed by atoms with van der Waals surface area (Å²) in [6.07, 6.45) is 0.886. The molecular formula is C11H13N3O2. The fraction of sp³-hybridized carbons (Fsp3) is 0.364. The Labute approximate surface area is 93.0 Å². The summed E-state index contributed by atoms with van der Waals surface area (Å²) < 4.78 is 0. The van der Waals surface area contributed by atoms with Gasteiger partial charge in [0.15, 0.2) is 0 Å². The van der Waals surface area contributed by atoms with Crippen LogP contribution in [0.4, 0.5) is 0 Å². The van der Waals surface area contributed by atoms with Crippen LogP contribution in [0, 0.1) is 0 Å². The zero-order valence-corrected chi connectivity index (χ0v) is 8.77. The van der Waals surface area contributed by atoms with Crippen molar-refractivity contribution < 1.29 is 9.59 Å². The summed E-state index contributed by atoms with van der Waals surface area (Å²) >= 11 is 0. The van der Waals surface area contributed by atoms with Crippen LogP contribution in [0.15, 0.2) is 18.2 Å². The van der Waals surface area contributed by atoms with Gasteiger partial charge in [0, 0.05) is 13.0 Å². The second kappa shape index (κ2) is 4.40. The smallest absolute Gasteiger partial charge is 0.235 e. The monoisotopic (exact) mass is 219 g/mol. The van der Waals surface area contributed by atoms with E-state index in [9.17, 15) is 9.59 Å². The van der Waals surface area contributed by atoms with Crippen molar-refractivity contribution in [3.63, 3.8) is 0 Å². The van der Waals surface area contributed by atoms with Gasteiger partial charge in [-0.2, -0.15) is 0 Å². The van der Waals surface area contributed by atoms with Crippen molar-refractivity contribution in [2.45, 2.75) is 25.3 Å². The van der Waals surface area contributed by atoms with Crippen molar-refractivity contribution in [2.75, 3.05) is 0 Å². The molecule has 0 radical (unpaired) electrons. The molecule has 2 amide bonds. The number of hydrogen-bond donors (Lipinski definition) is 2. The van der Waals surface area contributed by atoms with E-state index in [4.69, 9.17) is 5.73 Å². The Balaban J connectivity index is 2.23. The topological polar surface area (TPSA) is 85.1 Å². The van der Waals surface area contributed by atoms with Crippen molar-refractivity contribution in [1.29, 1.82) is 0 Å². The quantitative estimate of drug-likeness (QED) is 0.689. The van der Waals surface area contributed by atoms with Crippen LogP contribution in [0.5, 0.6) is 0 Å². The average Bonchev–Trinajstić information content (AvgIpc) is 2.29. The minimum absolute atomic E-state index is 0.212. The molecule has 16 heavy (non-hydrogen) atoms. The van der Waals surface area contributed by atoms with Crippen LogP contribution in [-0.2, 0) is 16.1 Å². The van der Waals surface area contributed by atoms with Crippen LogP contribution in [0.25, 0.3) is 0 Å². The Bertz CT molecular complexity index is 431. The highest BCUT2D eigenvalue weighted by Gasteiger charge is 2.28. The third-order valence-electron chi connectivity index (χ3n) is 2.63. The van der Waals surface area contributed by atoms with Gasteiger partial charge in [0.05, 0.1) is 17.3 Å². The number of nitrogens with one attached hydrogen (secondary N) is 1. The van der Waals surface area contributed by atoms with E-state index in [1.165, 1.54) is 0 Å². The summed E-state index contributed by atoms with van der Waals surface area (Å²) in [5.41, 5.74) is 6.93. The molecule has 2 heterocycles. The lowest BCUT2D eigenvalue weighted by atomic mass is 9.94. The minimum atomic E-state index is -0.329. The lowest BCUT2D eigenvalue weighted by molar-refractivity contribution is -0.134. The fourth-order valence-corrected chi connectivity index (χ4v) is 1.78. The first-order valence-electron chi connectivity index (χ1n) is 5.20. The summed E-state index contributed by atoms with van der Waals surface area (Å²) in [6.45, 7) is 0.348. The van der Waals surface area contributed by atoms with Crippen molar-refractivity contribution in [3.8, 4) is 0 Å². The van der Waals surface area contributed by atoms with Gasteiger partial charge < -0.3 is 5.73 Å². The largest absolute Gasteiger partial charge is 0.325 e. The van der Waals surface area contributed by atoms with Crippen molar-refractivity contribution in [3.05, 3.63) is 29.6 Å². The summed E-state index contributed by atoms with van der Waals surface area (Å²) in [4.78, 5) is 26.9. The van der Waals surface area contributed by atoms with E-state index < -0.39 is 0 Å². The molecule has 1 saturated heterocycles. The van der Waals surface area contributed by atoms with Crippen LogP contribution in [0.2, 0.25) is 0 Å². The van der Waals surface area contributed by atoms with Crippen LogP contribution in [-0.4, -0.2) is 16.8 Å². The molecule has 0 bridgehead atoms. The Morgan fingerprint density at radius 3 is 2.94 bits per heavy atom. The zero-order valence-electron chi connectivity index (χ0n) is 8.77. The molecule has 1 fully saturated rings. The SMILES string of the molecule is NCc1cccc(C2CCC(=O)NC2=O)n1. The number of nitrogens with two attached hydrogens (primary N) is 1. The fourth-order valence-electron chi connectivity index (χ4n) is 1.78. The van der Waals surface area contributed by atoms with Crippen molar-refractivity contribution >= 4 is 11.8 Å². The average molecular weight is 219 g/mol. The molecule has 1 aromatic heterocycles. The van der Waals surface area contributed by atoms with Gasteiger partial charge in [-0.1, -0.05) is 6.07 Å². The predicted octanol–water partition coefficient (Wildman–Crippen LogP) is 0.0605. The summed E-state index contributed by atoms with van der Waals surface area (Å²) in [7, 11) is 0. The second-order valence-corrected chi connectivity index (χ2v) is 3.76. The first-order chi connectivity index (χ1) is 7.70. The number of piperidine rings is 1. The highest BCUT2D eigenvalue weighted by atomic mass is 16.2. The maximum atomic E-state index is 11.6. The van der Waals surface area contributed by atoms with Crippen molar-refractivity contribution in [2.24, 2.45) is 5.73 Å². The van der Waals surface area contributed by atoms with Gasteiger partial charge in [-0.25, -0.2) is 0 Å². The standard InChI is InChI=1S/C11H13N3O2/c12-6-7-2-1-3-9(13-7)8-4-5-10(15)14-11(8)16/h1-3,8H,4-6,12H2,(H,14,15,16). The van der Waals surface area contributed by atoms with Crippen LogP contribution in [0.1, 0.15) is 30.1 Å². The number of carbonyl (C=O) groups excluding carboxylic acids is 2. The number of rotatable bonds is 2. The van der Waals surface area contributed by atoms with Crippen molar-refractivity contribution in [1.82, 2.24) is 10.3 Å². The molecule has 0 aliphatic carbocycles. The Morgan fingerprint density at radius 1 is 1.44 bits per heavy atom. The molecule has 1 aliphatic rings. The molecule has 5 nitrogen and oxygen atoms in total. The van der Waals surface area contributed by atoms with E-state index >= 15 is 0 Å². The van der Waals surface area contributed by atoms with Gasteiger partial charge in [0.1, 0.15) is 0 Å². The zero-order chi connectivity index (χ0) is 11.5. The number of imide groups is 1. The highest BCUT2D eigenvalue weighted by Crippen LogP contribution is 2.23. The molecule has 1 atom stereocenters. The van der Waals surface area contributed by atoms with Crippen LogP contribution in [0.3, 0.4) is 0 Å². The minimum Gasteiger partial charge on any atom is -0.325 e. The van der Waals surface area contributed by atoms with Crippen LogP contribution >= 0.6 is 0 Å². The number of pyridine rings is 1. The molecule has 1 aliphatic heterocycles. The highest BCUT2D eigenvalue weighted by molar-refractivity contribution is 6.00. The molecule has 0 spiro atoms. The lowest BCUT2D eigenvalue weighted by Crippen LogP contribution is -2.39. The Kier molecular flexibility index (Phi) is 2.96. The predicted molar refractivity (Wildman–Crippen MR) is 57.3 cm³/mol. The van der Waals surface area contributed by atoms with E-state index in [2.05, 4.69) is 10.3 Å². The van der Waals surface area contributed by atoms with E-state index in [-0.39, 0.29) is 17.7 Å². The summed E-state index contributed by atoms with van der Waals surface area (Å²) in [6, 6.07) is 5.43. The Hall–Kier alpha value is -1.75. The van der Waals surface area contributed by atoms with Gasteiger partial charge in [-0.05, 0) is 18.6 Å². The van der Waals surface area contributed by atoms with Gasteiger partial charge in [-0.3, -0.25) is 19.9 Å². The van der Waals surface area contributed by atoms with E-state index in [0.717, 1.165) is 5.69 Å². The molecule has 5 heteroatoms. The number of carbonyl (C=O) groups is 2. The molecular weight excluding hydrogens is 206 g/mol. The van der Waals surface area contributed by atoms with E-state index in [0.29, 0.717) is 25.1 Å². The molecule has 2 rings (SSSR count). The molecule has 3 N–H and O–H groups in total. The second-order valence-electron chi connectivity index (χ2n) is 3.76. The maximum absolute atomic E-state index is 11.6. The van der Waals surface area contributed by atoms with Crippen LogP contribution < -0.4 is 11.1 Å². The molecule has 84 valence electrons. The molecule has 0 saturated carbocycles. The number of hydrogen-bond acceptors (Lipinski definition) is 4. The summed E-state index contributed by atoms with van der Waals surface area (Å²) in [5.74, 6) is -0.807. The van der Waals surface area contributed by atoms with Gasteiger partial charge in [0.25, 0.3) is 0 Å².